The summed E-state index contributed by atoms with van der Waals surface area (Å²) < 4.78 is 0. The van der Waals surface area contributed by atoms with Crippen LogP contribution in [0.5, 0.6) is 0 Å². The van der Waals surface area contributed by atoms with Gasteiger partial charge in [0.25, 0.3) is 0 Å². The first kappa shape index (κ1) is 9.02. The third-order valence-electron chi connectivity index (χ3n) is 3.45. The van der Waals surface area contributed by atoms with E-state index in [4.69, 9.17) is 6.57 Å². The Morgan fingerprint density at radius 2 is 1.85 bits per heavy atom. The van der Waals surface area contributed by atoms with Gasteiger partial charge in [0.1, 0.15) is 0 Å². The molecule has 72 valence electrons. The molecule has 1 atom stereocenters. The Hall–Kier alpha value is -0.550. The summed E-state index contributed by atoms with van der Waals surface area (Å²) in [5.41, 5.74) is 0. The lowest BCUT2D eigenvalue weighted by molar-refractivity contribution is 0.160. The molecule has 1 heterocycles. The molecule has 0 N–H and O–H groups in total. The van der Waals surface area contributed by atoms with Gasteiger partial charge in [0.15, 0.2) is 0 Å². The van der Waals surface area contributed by atoms with Gasteiger partial charge in [-0.2, -0.15) is 0 Å². The highest BCUT2D eigenvalue weighted by Crippen LogP contribution is 2.26. The molecule has 2 rings (SSSR count). The number of hydrogen-bond donors (Lipinski definition) is 0. The van der Waals surface area contributed by atoms with E-state index >= 15 is 0 Å². The number of likely N-dealkylation sites (tertiary alicyclic amines) is 1. The summed E-state index contributed by atoms with van der Waals surface area (Å²) in [6.45, 7) is 9.35. The van der Waals surface area contributed by atoms with Crippen LogP contribution in [0, 0.1) is 6.57 Å². The second kappa shape index (κ2) is 4.11. The fourth-order valence-corrected chi connectivity index (χ4v) is 2.69. The highest BCUT2D eigenvalue weighted by Gasteiger charge is 2.29. The van der Waals surface area contributed by atoms with E-state index in [1.54, 1.807) is 0 Å². The first-order valence-electron chi connectivity index (χ1n) is 5.51. The molecule has 0 spiro atoms. The van der Waals surface area contributed by atoms with E-state index in [9.17, 15) is 0 Å². The van der Waals surface area contributed by atoms with Crippen LogP contribution in [0.15, 0.2) is 0 Å². The molecule has 1 aliphatic heterocycles. The van der Waals surface area contributed by atoms with E-state index in [1.807, 2.05) is 0 Å². The molecule has 1 aliphatic carbocycles. The van der Waals surface area contributed by atoms with Gasteiger partial charge in [-0.15, -0.1) is 0 Å². The molecule has 13 heavy (non-hydrogen) atoms. The Bertz CT molecular complexity index is 201. The van der Waals surface area contributed by atoms with Gasteiger partial charge in [0.05, 0.1) is 6.54 Å². The maximum Gasteiger partial charge on any atom is 0.236 e. The van der Waals surface area contributed by atoms with Gasteiger partial charge in [0.2, 0.25) is 6.04 Å². The van der Waals surface area contributed by atoms with E-state index in [-0.39, 0.29) is 0 Å². The van der Waals surface area contributed by atoms with E-state index in [0.29, 0.717) is 6.04 Å². The molecule has 0 aromatic heterocycles. The molecule has 0 aromatic carbocycles. The molecule has 1 saturated carbocycles. The van der Waals surface area contributed by atoms with Crippen molar-refractivity contribution < 1.29 is 0 Å². The molecule has 2 aliphatic rings. The zero-order valence-corrected chi connectivity index (χ0v) is 8.21. The highest BCUT2D eigenvalue weighted by molar-refractivity contribution is 4.89. The lowest BCUT2D eigenvalue weighted by Crippen LogP contribution is -2.42. The molecule has 0 bridgehead atoms. The van der Waals surface area contributed by atoms with Crippen molar-refractivity contribution in [2.75, 3.05) is 13.1 Å². The van der Waals surface area contributed by atoms with Crippen molar-refractivity contribution in [1.82, 2.24) is 4.90 Å². The largest absolute Gasteiger partial charge is 0.312 e. The van der Waals surface area contributed by atoms with Crippen molar-refractivity contribution in [3.8, 4) is 0 Å². The normalized spacial score (nSPS) is 31.8. The van der Waals surface area contributed by atoms with E-state index in [1.165, 1.54) is 38.6 Å². The molecule has 0 aromatic rings. The fraction of sp³-hybridized carbons (Fsp3) is 0.909. The molecule has 0 amide bonds. The van der Waals surface area contributed by atoms with E-state index < -0.39 is 0 Å². The molecular weight excluding hydrogens is 160 g/mol. The Labute approximate surface area is 80.7 Å². The van der Waals surface area contributed by atoms with Crippen LogP contribution < -0.4 is 0 Å². The van der Waals surface area contributed by atoms with Crippen LogP contribution in [0.4, 0.5) is 0 Å². The number of hydrogen-bond acceptors (Lipinski definition) is 1. The predicted octanol–water partition coefficient (Wildman–Crippen LogP) is 2.31. The zero-order chi connectivity index (χ0) is 9.10. The molecule has 1 saturated heterocycles. The van der Waals surface area contributed by atoms with Gasteiger partial charge in [-0.1, -0.05) is 12.8 Å². The summed E-state index contributed by atoms with van der Waals surface area (Å²) in [5, 5.41) is 0. The molecule has 2 heteroatoms. The molecular formula is C11H18N2. The average Bonchev–Trinajstić information content (AvgIpc) is 2.71. The van der Waals surface area contributed by atoms with Crippen LogP contribution in [0.25, 0.3) is 4.85 Å². The minimum atomic E-state index is 0.300. The molecule has 2 fully saturated rings. The van der Waals surface area contributed by atoms with Crippen LogP contribution in [-0.2, 0) is 0 Å². The third kappa shape index (κ3) is 2.03. The Morgan fingerprint density at radius 1 is 1.08 bits per heavy atom. The summed E-state index contributed by atoms with van der Waals surface area (Å²) in [6.07, 6.45) is 7.94. The summed E-state index contributed by atoms with van der Waals surface area (Å²) in [5.74, 6) is 0. The summed E-state index contributed by atoms with van der Waals surface area (Å²) in [7, 11) is 0. The fourth-order valence-electron chi connectivity index (χ4n) is 2.69. The highest BCUT2D eigenvalue weighted by atomic mass is 15.2. The van der Waals surface area contributed by atoms with Gasteiger partial charge in [-0.05, 0) is 25.8 Å². The number of piperidine rings is 1. The SMILES string of the molecule is [C-]#[N+]C1CCCN(C2CCCC2)C1. The average molecular weight is 178 g/mol. The lowest BCUT2D eigenvalue weighted by Gasteiger charge is -2.32. The van der Waals surface area contributed by atoms with Crippen LogP contribution in [0.2, 0.25) is 0 Å². The van der Waals surface area contributed by atoms with Crippen molar-refractivity contribution in [2.24, 2.45) is 0 Å². The predicted molar refractivity (Wildman–Crippen MR) is 53.5 cm³/mol. The number of nitrogens with zero attached hydrogens (tertiary/aromatic N) is 2. The van der Waals surface area contributed by atoms with Gasteiger partial charge in [-0.25, -0.2) is 6.57 Å². The Kier molecular flexibility index (Phi) is 2.85. The van der Waals surface area contributed by atoms with Gasteiger partial charge >= 0.3 is 0 Å². The maximum atomic E-state index is 7.06. The van der Waals surface area contributed by atoms with Gasteiger partial charge in [0, 0.05) is 12.5 Å². The smallest absolute Gasteiger partial charge is 0.236 e. The molecule has 2 nitrogen and oxygen atoms in total. The Morgan fingerprint density at radius 3 is 2.54 bits per heavy atom. The molecule has 0 radical (unpaired) electrons. The zero-order valence-electron chi connectivity index (χ0n) is 8.21. The first-order valence-corrected chi connectivity index (χ1v) is 5.51. The topological polar surface area (TPSA) is 7.60 Å². The quantitative estimate of drug-likeness (QED) is 0.559. The molecule has 1 unspecified atom stereocenters. The van der Waals surface area contributed by atoms with E-state index in [0.717, 1.165) is 19.0 Å². The summed E-state index contributed by atoms with van der Waals surface area (Å²) >= 11 is 0. The minimum absolute atomic E-state index is 0.300. The second-order valence-electron chi connectivity index (χ2n) is 4.36. The standard InChI is InChI=1S/C11H18N2/c1-12-10-5-4-8-13(9-10)11-6-2-3-7-11/h10-11H,2-9H2. The Balaban J connectivity index is 1.88. The van der Waals surface area contributed by atoms with Crippen LogP contribution >= 0.6 is 0 Å². The monoisotopic (exact) mass is 178 g/mol. The van der Waals surface area contributed by atoms with Crippen molar-refractivity contribution >= 4 is 0 Å². The summed E-state index contributed by atoms with van der Waals surface area (Å²) in [6, 6.07) is 1.12. The van der Waals surface area contributed by atoms with Gasteiger partial charge in [-0.3, -0.25) is 4.90 Å². The van der Waals surface area contributed by atoms with Crippen molar-refractivity contribution in [3.05, 3.63) is 11.4 Å². The minimum Gasteiger partial charge on any atom is -0.312 e. The van der Waals surface area contributed by atoms with Crippen LogP contribution in [0.3, 0.4) is 0 Å². The number of rotatable bonds is 1. The van der Waals surface area contributed by atoms with Crippen LogP contribution in [0.1, 0.15) is 38.5 Å². The van der Waals surface area contributed by atoms with E-state index in [2.05, 4.69) is 9.74 Å². The summed E-state index contributed by atoms with van der Waals surface area (Å²) in [4.78, 5) is 6.25. The van der Waals surface area contributed by atoms with Crippen molar-refractivity contribution in [3.63, 3.8) is 0 Å². The van der Waals surface area contributed by atoms with Crippen LogP contribution in [-0.4, -0.2) is 30.1 Å². The third-order valence-corrected chi connectivity index (χ3v) is 3.45. The maximum absolute atomic E-state index is 7.06. The first-order chi connectivity index (χ1) is 6.40. The lowest BCUT2D eigenvalue weighted by atomic mass is 10.0. The second-order valence-corrected chi connectivity index (χ2v) is 4.36. The van der Waals surface area contributed by atoms with Crippen molar-refractivity contribution in [2.45, 2.75) is 50.6 Å². The van der Waals surface area contributed by atoms with Crippen molar-refractivity contribution in [1.29, 1.82) is 0 Å². The van der Waals surface area contributed by atoms with Gasteiger partial charge < -0.3 is 4.85 Å².